The molecule has 0 aliphatic rings. The van der Waals surface area contributed by atoms with E-state index in [-0.39, 0.29) is 11.9 Å². The van der Waals surface area contributed by atoms with E-state index in [4.69, 9.17) is 21.9 Å². The molecule has 0 saturated carbocycles. The molecule has 6 heteroatoms. The van der Waals surface area contributed by atoms with Crippen LogP contribution in [-0.2, 0) is 9.53 Å². The normalized spacial score (nSPS) is 11.9. The summed E-state index contributed by atoms with van der Waals surface area (Å²) >= 11 is 0. The smallest absolute Gasteiger partial charge is 0.322 e. The molecular formula is C9H20N4O2. The molecule has 0 rings (SSSR count). The quantitative estimate of drug-likeness (QED) is 0.225. The van der Waals surface area contributed by atoms with E-state index in [1.165, 1.54) is 0 Å². The summed E-state index contributed by atoms with van der Waals surface area (Å²) in [5.41, 5.74) is 15.9. The van der Waals surface area contributed by atoms with E-state index in [1.807, 2.05) is 0 Å². The second kappa shape index (κ2) is 8.05. The predicted octanol–water partition coefficient (Wildman–Crippen LogP) is -0.679. The Balaban J connectivity index is 3.50. The minimum absolute atomic E-state index is 0.0877. The Morgan fingerprint density at radius 3 is 2.60 bits per heavy atom. The second-order valence-corrected chi connectivity index (χ2v) is 3.16. The monoisotopic (exact) mass is 216 g/mol. The standard InChI is InChI=1S/C9H20N4O2/c1-2-15-8(14)7(10)5-3-4-6-13-9(11)12/h7H,2-6,10H2,1H3,(H4,11,12,13). The van der Waals surface area contributed by atoms with Crippen LogP contribution in [0.1, 0.15) is 26.2 Å². The summed E-state index contributed by atoms with van der Waals surface area (Å²) in [6, 6.07) is -0.538. The number of esters is 1. The SMILES string of the molecule is CCOC(=O)C(N)CCCCN=C(N)N. The zero-order valence-corrected chi connectivity index (χ0v) is 9.11. The van der Waals surface area contributed by atoms with Crippen molar-refractivity contribution in [3.8, 4) is 0 Å². The third-order valence-corrected chi connectivity index (χ3v) is 1.81. The molecule has 15 heavy (non-hydrogen) atoms. The second-order valence-electron chi connectivity index (χ2n) is 3.16. The van der Waals surface area contributed by atoms with Crippen LogP contribution in [0.3, 0.4) is 0 Å². The van der Waals surface area contributed by atoms with E-state index < -0.39 is 6.04 Å². The van der Waals surface area contributed by atoms with Gasteiger partial charge in [-0.2, -0.15) is 0 Å². The molecule has 6 nitrogen and oxygen atoms in total. The molecule has 1 atom stereocenters. The number of ether oxygens (including phenoxy) is 1. The van der Waals surface area contributed by atoms with Crippen molar-refractivity contribution in [2.75, 3.05) is 13.2 Å². The van der Waals surface area contributed by atoms with Crippen LogP contribution in [0, 0.1) is 0 Å². The first-order valence-corrected chi connectivity index (χ1v) is 5.05. The van der Waals surface area contributed by atoms with E-state index in [1.54, 1.807) is 6.92 Å². The summed E-state index contributed by atoms with van der Waals surface area (Å²) in [5.74, 6) is -0.260. The van der Waals surface area contributed by atoms with Crippen molar-refractivity contribution in [3.05, 3.63) is 0 Å². The van der Waals surface area contributed by atoms with E-state index in [0.717, 1.165) is 12.8 Å². The van der Waals surface area contributed by atoms with E-state index in [2.05, 4.69) is 4.99 Å². The Morgan fingerprint density at radius 2 is 2.07 bits per heavy atom. The van der Waals surface area contributed by atoms with Crippen molar-refractivity contribution < 1.29 is 9.53 Å². The van der Waals surface area contributed by atoms with Gasteiger partial charge in [-0.15, -0.1) is 0 Å². The third kappa shape index (κ3) is 7.75. The Kier molecular flexibility index (Phi) is 7.35. The molecule has 0 bridgehead atoms. The van der Waals surface area contributed by atoms with E-state index in [9.17, 15) is 4.79 Å². The number of carbonyl (C=O) groups excluding carboxylic acids is 1. The van der Waals surface area contributed by atoms with Gasteiger partial charge >= 0.3 is 5.97 Å². The summed E-state index contributed by atoms with van der Waals surface area (Å²) in [6.45, 7) is 2.68. The molecule has 0 aliphatic carbocycles. The molecule has 0 fully saturated rings. The lowest BCUT2D eigenvalue weighted by molar-refractivity contribution is -0.144. The molecular weight excluding hydrogens is 196 g/mol. The Hall–Kier alpha value is -1.30. The number of aliphatic imine (C=N–C) groups is 1. The summed E-state index contributed by atoms with van der Waals surface area (Å²) in [7, 11) is 0. The minimum atomic E-state index is -0.538. The van der Waals surface area contributed by atoms with Crippen molar-refractivity contribution in [3.63, 3.8) is 0 Å². The van der Waals surface area contributed by atoms with E-state index in [0.29, 0.717) is 19.6 Å². The summed E-state index contributed by atoms with van der Waals surface area (Å²) < 4.78 is 4.77. The van der Waals surface area contributed by atoms with Gasteiger partial charge in [0.1, 0.15) is 6.04 Å². The summed E-state index contributed by atoms with van der Waals surface area (Å²) in [6.07, 6.45) is 2.21. The largest absolute Gasteiger partial charge is 0.465 e. The van der Waals surface area contributed by atoms with Crippen molar-refractivity contribution >= 4 is 11.9 Å². The zero-order chi connectivity index (χ0) is 11.7. The van der Waals surface area contributed by atoms with Gasteiger partial charge in [-0.25, -0.2) is 0 Å². The van der Waals surface area contributed by atoms with Crippen LogP contribution in [0.25, 0.3) is 0 Å². The predicted molar refractivity (Wildman–Crippen MR) is 59.1 cm³/mol. The first-order valence-electron chi connectivity index (χ1n) is 5.05. The maximum Gasteiger partial charge on any atom is 0.322 e. The molecule has 0 aromatic rings. The van der Waals surface area contributed by atoms with E-state index >= 15 is 0 Å². The van der Waals surface area contributed by atoms with Gasteiger partial charge in [-0.1, -0.05) is 0 Å². The molecule has 88 valence electrons. The van der Waals surface area contributed by atoms with Crippen LogP contribution < -0.4 is 17.2 Å². The fraction of sp³-hybridized carbons (Fsp3) is 0.778. The van der Waals surface area contributed by atoms with Crippen LogP contribution in [-0.4, -0.2) is 31.1 Å². The molecule has 0 aromatic heterocycles. The fourth-order valence-corrected chi connectivity index (χ4v) is 1.05. The number of nitrogens with two attached hydrogens (primary N) is 3. The van der Waals surface area contributed by atoms with Crippen molar-refractivity contribution in [1.29, 1.82) is 0 Å². The lowest BCUT2D eigenvalue weighted by Gasteiger charge is -2.09. The van der Waals surface area contributed by atoms with Crippen molar-refractivity contribution in [1.82, 2.24) is 0 Å². The topological polar surface area (TPSA) is 117 Å². The third-order valence-electron chi connectivity index (χ3n) is 1.81. The van der Waals surface area contributed by atoms with Crippen LogP contribution in [0.5, 0.6) is 0 Å². The van der Waals surface area contributed by atoms with Crippen LogP contribution in [0.2, 0.25) is 0 Å². The molecule has 0 spiro atoms. The average Bonchev–Trinajstić information content (AvgIpc) is 2.16. The van der Waals surface area contributed by atoms with Crippen molar-refractivity contribution in [2.24, 2.45) is 22.2 Å². The molecule has 0 aromatic carbocycles. The van der Waals surface area contributed by atoms with Gasteiger partial charge in [0.15, 0.2) is 5.96 Å². The van der Waals surface area contributed by atoms with Gasteiger partial charge in [0.25, 0.3) is 0 Å². The maximum absolute atomic E-state index is 11.1. The summed E-state index contributed by atoms with van der Waals surface area (Å²) in [4.78, 5) is 14.9. The van der Waals surface area contributed by atoms with Gasteiger partial charge in [0.05, 0.1) is 6.61 Å². The first-order chi connectivity index (χ1) is 7.07. The molecule has 6 N–H and O–H groups in total. The number of unbranched alkanes of at least 4 members (excludes halogenated alkanes) is 1. The number of rotatable bonds is 7. The average molecular weight is 216 g/mol. The Morgan fingerprint density at radius 1 is 1.40 bits per heavy atom. The Bertz CT molecular complexity index is 214. The van der Waals surface area contributed by atoms with Crippen molar-refractivity contribution in [2.45, 2.75) is 32.2 Å². The number of nitrogens with zero attached hydrogens (tertiary/aromatic N) is 1. The molecule has 0 heterocycles. The highest BCUT2D eigenvalue weighted by Crippen LogP contribution is 2.01. The Labute approximate surface area is 89.8 Å². The molecule has 0 amide bonds. The molecule has 0 aliphatic heterocycles. The van der Waals surface area contributed by atoms with Gasteiger partial charge < -0.3 is 21.9 Å². The highest BCUT2D eigenvalue weighted by molar-refractivity contribution is 5.75. The minimum Gasteiger partial charge on any atom is -0.465 e. The van der Waals surface area contributed by atoms with Crippen LogP contribution in [0.15, 0.2) is 4.99 Å². The molecule has 1 unspecified atom stereocenters. The van der Waals surface area contributed by atoms with Gasteiger partial charge in [-0.3, -0.25) is 9.79 Å². The fourth-order valence-electron chi connectivity index (χ4n) is 1.05. The van der Waals surface area contributed by atoms with Gasteiger partial charge in [-0.05, 0) is 26.2 Å². The number of hydrogen-bond donors (Lipinski definition) is 3. The maximum atomic E-state index is 11.1. The summed E-state index contributed by atoms with van der Waals surface area (Å²) in [5, 5.41) is 0. The highest BCUT2D eigenvalue weighted by Gasteiger charge is 2.13. The van der Waals surface area contributed by atoms with Crippen LogP contribution >= 0.6 is 0 Å². The van der Waals surface area contributed by atoms with Gasteiger partial charge in [0, 0.05) is 6.54 Å². The first kappa shape index (κ1) is 13.7. The number of guanidine groups is 1. The number of carbonyl (C=O) groups is 1. The lowest BCUT2D eigenvalue weighted by atomic mass is 10.1. The highest BCUT2D eigenvalue weighted by atomic mass is 16.5. The van der Waals surface area contributed by atoms with Crippen LogP contribution in [0.4, 0.5) is 0 Å². The molecule has 0 saturated heterocycles. The van der Waals surface area contributed by atoms with Gasteiger partial charge in [0.2, 0.25) is 0 Å². The molecule has 0 radical (unpaired) electrons. The zero-order valence-electron chi connectivity index (χ0n) is 9.11. The lowest BCUT2D eigenvalue weighted by Crippen LogP contribution is -2.32. The number of hydrogen-bond acceptors (Lipinski definition) is 4.